The topological polar surface area (TPSA) is 74.5 Å². The number of methoxy groups -OCH3 is 1. The summed E-state index contributed by atoms with van der Waals surface area (Å²) in [5.41, 5.74) is -1.88. The lowest BCUT2D eigenvalue weighted by atomic mass is 9.88. The van der Waals surface area contributed by atoms with Gasteiger partial charge in [-0.25, -0.2) is 9.07 Å². The predicted molar refractivity (Wildman–Crippen MR) is 125 cm³/mol. The van der Waals surface area contributed by atoms with Crippen molar-refractivity contribution in [2.75, 3.05) is 32.6 Å². The van der Waals surface area contributed by atoms with E-state index in [1.807, 2.05) is 0 Å². The lowest BCUT2D eigenvalue weighted by molar-refractivity contribution is -0.142. The Balaban J connectivity index is 1.66. The Hall–Kier alpha value is -3.89. The molecule has 1 amide bonds. The van der Waals surface area contributed by atoms with E-state index in [0.29, 0.717) is 24.2 Å². The minimum Gasteiger partial charge on any atom is -0.497 e. The molecule has 36 heavy (non-hydrogen) atoms. The van der Waals surface area contributed by atoms with E-state index in [-0.39, 0.29) is 35.0 Å². The molecule has 0 bridgehead atoms. The molecule has 1 N–H and O–H groups in total. The Bertz CT molecular complexity index is 1370. The summed E-state index contributed by atoms with van der Waals surface area (Å²) in [6.45, 7) is -0.0857. The van der Waals surface area contributed by atoms with Crippen molar-refractivity contribution in [3.63, 3.8) is 0 Å². The molecule has 3 aromatic rings. The van der Waals surface area contributed by atoms with Crippen LogP contribution in [0, 0.1) is 11.2 Å². The monoisotopic (exact) mass is 501 g/mol. The van der Waals surface area contributed by atoms with Crippen LogP contribution in [0.2, 0.25) is 0 Å². The van der Waals surface area contributed by atoms with Crippen LogP contribution in [0.1, 0.15) is 40.2 Å². The van der Waals surface area contributed by atoms with Gasteiger partial charge < -0.3 is 14.5 Å². The van der Waals surface area contributed by atoms with E-state index in [9.17, 15) is 18.0 Å². The van der Waals surface area contributed by atoms with Crippen LogP contribution >= 0.6 is 0 Å². The Labute approximate surface area is 204 Å². The highest BCUT2D eigenvalue weighted by molar-refractivity contribution is 6.09. The number of alkyl halides is 3. The largest absolute Gasteiger partial charge is 0.497 e. The van der Waals surface area contributed by atoms with Crippen LogP contribution in [0.15, 0.2) is 42.5 Å². The Kier molecular flexibility index (Phi) is 5.34. The third kappa shape index (κ3) is 3.69. The average molecular weight is 501 g/mol. The van der Waals surface area contributed by atoms with Crippen molar-refractivity contribution >= 4 is 17.4 Å². The Morgan fingerprint density at radius 1 is 1.14 bits per heavy atom. The van der Waals surface area contributed by atoms with Gasteiger partial charge in [-0.15, -0.1) is 0 Å². The lowest BCUT2D eigenvalue weighted by Crippen LogP contribution is -2.45. The normalized spacial score (nSPS) is 16.2. The highest BCUT2D eigenvalue weighted by atomic mass is 19.4. The number of nitrogens with zero attached hydrogens (tertiary/aromatic N) is 4. The van der Waals surface area contributed by atoms with Gasteiger partial charge in [-0.2, -0.15) is 18.3 Å². The van der Waals surface area contributed by atoms with E-state index in [1.54, 1.807) is 26.2 Å². The second-order valence-electron chi connectivity index (χ2n) is 9.26. The van der Waals surface area contributed by atoms with Crippen molar-refractivity contribution in [3.05, 3.63) is 70.8 Å². The number of hydrogen-bond acceptors (Lipinski definition) is 4. The number of fused-ring (bicyclic) bond motifs is 2. The van der Waals surface area contributed by atoms with Gasteiger partial charge in [0.05, 0.1) is 18.5 Å². The van der Waals surface area contributed by atoms with E-state index in [4.69, 9.17) is 10.1 Å². The van der Waals surface area contributed by atoms with Crippen LogP contribution in [-0.4, -0.2) is 54.2 Å². The molecule has 188 valence electrons. The number of amidine groups is 1. The van der Waals surface area contributed by atoms with Gasteiger partial charge in [0.15, 0.2) is 5.69 Å². The molecule has 2 aromatic carbocycles. The molecule has 11 heteroatoms. The second-order valence-corrected chi connectivity index (χ2v) is 9.26. The van der Waals surface area contributed by atoms with Crippen LogP contribution in [-0.2, 0) is 11.6 Å². The third-order valence-electron chi connectivity index (χ3n) is 6.72. The summed E-state index contributed by atoms with van der Waals surface area (Å²) in [4.78, 5) is 16.4. The number of nitrogens with one attached hydrogen (secondary N) is 1. The van der Waals surface area contributed by atoms with Gasteiger partial charge in [-0.1, -0.05) is 0 Å². The number of hydrogen-bond donors (Lipinski definition) is 1. The fourth-order valence-corrected chi connectivity index (χ4v) is 4.69. The minimum atomic E-state index is -4.76. The second kappa shape index (κ2) is 8.07. The Morgan fingerprint density at radius 3 is 2.33 bits per heavy atom. The maximum atomic E-state index is 15.3. The molecule has 1 aromatic heterocycles. The molecule has 1 aliphatic heterocycles. The van der Waals surface area contributed by atoms with Crippen molar-refractivity contribution in [2.24, 2.45) is 0 Å². The zero-order chi connectivity index (χ0) is 26.0. The maximum absolute atomic E-state index is 15.3. The first-order valence-electron chi connectivity index (χ1n) is 11.2. The van der Waals surface area contributed by atoms with Crippen LogP contribution in [0.3, 0.4) is 0 Å². The number of carbonyl (C=O) groups excluding carboxylic acids is 1. The highest BCUT2D eigenvalue weighted by Crippen LogP contribution is 2.56. The summed E-state index contributed by atoms with van der Waals surface area (Å²) >= 11 is 0. The Morgan fingerprint density at radius 2 is 1.81 bits per heavy atom. The summed E-state index contributed by atoms with van der Waals surface area (Å²) in [7, 11) is 4.77. The van der Waals surface area contributed by atoms with E-state index >= 15 is 4.39 Å². The number of benzene rings is 2. The van der Waals surface area contributed by atoms with E-state index in [1.165, 1.54) is 41.2 Å². The van der Waals surface area contributed by atoms with Crippen LogP contribution < -0.4 is 9.64 Å². The van der Waals surface area contributed by atoms with Crippen LogP contribution in [0.4, 0.5) is 23.2 Å². The summed E-state index contributed by atoms with van der Waals surface area (Å²) in [5, 5.41) is 11.9. The summed E-state index contributed by atoms with van der Waals surface area (Å²) in [6, 6.07) is 10.2. The molecule has 0 unspecified atom stereocenters. The van der Waals surface area contributed by atoms with Crippen LogP contribution in [0.5, 0.6) is 5.75 Å². The molecule has 2 aliphatic rings. The molecule has 5 rings (SSSR count). The average Bonchev–Trinajstić information content (AvgIpc) is 3.47. The molecular formula is C25H23F4N5O2. The molecule has 1 spiro atoms. The van der Waals surface area contributed by atoms with E-state index in [0.717, 1.165) is 10.7 Å². The van der Waals surface area contributed by atoms with Crippen molar-refractivity contribution in [1.82, 2.24) is 14.7 Å². The quantitative estimate of drug-likeness (QED) is 0.322. The first-order chi connectivity index (χ1) is 17.0. The minimum absolute atomic E-state index is 0.0525. The van der Waals surface area contributed by atoms with Crippen molar-refractivity contribution in [2.45, 2.75) is 24.4 Å². The molecule has 2 heterocycles. The molecule has 1 aliphatic carbocycles. The molecule has 0 atom stereocenters. The van der Waals surface area contributed by atoms with Crippen molar-refractivity contribution in [1.29, 1.82) is 5.41 Å². The number of carbonyl (C=O) groups is 1. The van der Waals surface area contributed by atoms with E-state index in [2.05, 4.69) is 5.10 Å². The fraction of sp³-hybridized carbons (Fsp3) is 0.320. The molecule has 0 saturated heterocycles. The maximum Gasteiger partial charge on any atom is 0.435 e. The van der Waals surface area contributed by atoms with Gasteiger partial charge in [0.2, 0.25) is 0 Å². The van der Waals surface area contributed by atoms with Gasteiger partial charge in [0, 0.05) is 37.2 Å². The smallest absolute Gasteiger partial charge is 0.435 e. The molecule has 7 nitrogen and oxygen atoms in total. The third-order valence-corrected chi connectivity index (χ3v) is 6.72. The summed E-state index contributed by atoms with van der Waals surface area (Å²) in [5.74, 6) is -0.930. The molecular weight excluding hydrogens is 478 g/mol. The number of rotatable bonds is 4. The van der Waals surface area contributed by atoms with E-state index < -0.39 is 29.0 Å². The van der Waals surface area contributed by atoms with Gasteiger partial charge in [-0.05, 0) is 55.3 Å². The van der Waals surface area contributed by atoms with Gasteiger partial charge in [-0.3, -0.25) is 10.2 Å². The lowest BCUT2D eigenvalue weighted by Gasteiger charge is -2.34. The molecule has 0 radical (unpaired) electrons. The molecule has 1 fully saturated rings. The number of anilines is 1. The highest BCUT2D eigenvalue weighted by Gasteiger charge is 2.58. The number of amides is 1. The predicted octanol–water partition coefficient (Wildman–Crippen LogP) is 4.62. The first-order valence-corrected chi connectivity index (χ1v) is 11.2. The van der Waals surface area contributed by atoms with Gasteiger partial charge >= 0.3 is 6.18 Å². The molecule has 1 saturated carbocycles. The SMILES string of the molecule is COc1ccc(-n2nc(C(F)(F)F)c3c2C(=O)N(c2ccc(C(=N)N(C)C)cc2F)CC32CC2)cc1. The van der Waals surface area contributed by atoms with Crippen molar-refractivity contribution in [3.8, 4) is 11.4 Å². The first kappa shape index (κ1) is 23.8. The van der Waals surface area contributed by atoms with Gasteiger partial charge in [0.25, 0.3) is 5.91 Å². The standard InChI is InChI=1S/C25H23F4N5O2/c1-32(2)22(30)14-4-9-18(17(26)12-14)33-13-24(10-11-24)19-20(23(33)35)34(31-21(19)25(27,28)29)15-5-7-16(36-3)8-6-15/h4-9,12,30H,10-11,13H2,1-3H3. The number of halogens is 4. The summed E-state index contributed by atoms with van der Waals surface area (Å²) in [6.07, 6.45) is -3.92. The van der Waals surface area contributed by atoms with Gasteiger partial charge in [0.1, 0.15) is 23.1 Å². The fourth-order valence-electron chi connectivity index (χ4n) is 4.69. The summed E-state index contributed by atoms with van der Waals surface area (Å²) < 4.78 is 63.6. The number of aromatic nitrogens is 2. The zero-order valence-electron chi connectivity index (χ0n) is 19.8. The zero-order valence-corrected chi connectivity index (χ0v) is 19.8. The van der Waals surface area contributed by atoms with Crippen molar-refractivity contribution < 1.29 is 27.1 Å². The van der Waals surface area contributed by atoms with Crippen LogP contribution in [0.25, 0.3) is 5.69 Å². The number of ether oxygens (including phenoxy) is 1.